The third kappa shape index (κ3) is 2.31. The van der Waals surface area contributed by atoms with Gasteiger partial charge in [-0.25, -0.2) is 0 Å². The highest BCUT2D eigenvalue weighted by Crippen LogP contribution is 2.34. The maximum absolute atomic E-state index is 9.52. The molecule has 3 heteroatoms. The van der Waals surface area contributed by atoms with Crippen molar-refractivity contribution in [2.45, 2.75) is 32.9 Å². The van der Waals surface area contributed by atoms with Crippen LogP contribution in [-0.4, -0.2) is 9.67 Å². The predicted octanol–water partition coefficient (Wildman–Crippen LogP) is 4.06. The molecule has 0 amide bonds. The number of aliphatic hydroxyl groups is 1. The molecule has 0 spiro atoms. The molecular formula is C15H18ClNO. The van der Waals surface area contributed by atoms with Crippen LogP contribution < -0.4 is 0 Å². The van der Waals surface area contributed by atoms with Gasteiger partial charge < -0.3 is 9.67 Å². The highest BCUT2D eigenvalue weighted by molar-refractivity contribution is 6.31. The average Bonchev–Trinajstić information content (AvgIpc) is 2.67. The number of hydrogen-bond acceptors (Lipinski definition) is 1. The molecule has 2 aromatic rings. The van der Waals surface area contributed by atoms with Crippen molar-refractivity contribution in [2.75, 3.05) is 0 Å². The highest BCUT2D eigenvalue weighted by Gasteiger charge is 2.23. The minimum Gasteiger partial charge on any atom is -0.390 e. The van der Waals surface area contributed by atoms with E-state index < -0.39 is 0 Å². The topological polar surface area (TPSA) is 25.2 Å². The summed E-state index contributed by atoms with van der Waals surface area (Å²) in [5.74, 6) is 0. The molecule has 1 aromatic heterocycles. The van der Waals surface area contributed by atoms with Gasteiger partial charge in [0.15, 0.2) is 0 Å². The molecule has 0 aliphatic rings. The maximum atomic E-state index is 9.52. The molecule has 1 heterocycles. The molecule has 0 bridgehead atoms. The fraction of sp³-hybridized carbons (Fsp3) is 0.333. The molecule has 0 saturated carbocycles. The molecule has 1 N–H and O–H groups in total. The summed E-state index contributed by atoms with van der Waals surface area (Å²) < 4.78 is 2.10. The van der Waals surface area contributed by atoms with Crippen molar-refractivity contribution in [1.82, 2.24) is 4.57 Å². The van der Waals surface area contributed by atoms with Crippen molar-refractivity contribution in [3.63, 3.8) is 0 Å². The number of rotatable bonds is 2. The van der Waals surface area contributed by atoms with Crippen molar-refractivity contribution in [1.29, 1.82) is 0 Å². The molecular weight excluding hydrogens is 246 g/mol. The van der Waals surface area contributed by atoms with E-state index in [2.05, 4.69) is 37.5 Å². The molecule has 0 aliphatic heterocycles. The van der Waals surface area contributed by atoms with Crippen LogP contribution in [0.1, 0.15) is 26.5 Å². The van der Waals surface area contributed by atoms with E-state index >= 15 is 0 Å². The summed E-state index contributed by atoms with van der Waals surface area (Å²) in [6, 6.07) is 12.0. The molecule has 96 valence electrons. The zero-order valence-electron chi connectivity index (χ0n) is 10.9. The maximum Gasteiger partial charge on any atom is 0.0848 e. The largest absolute Gasteiger partial charge is 0.390 e. The van der Waals surface area contributed by atoms with Crippen LogP contribution in [0.5, 0.6) is 0 Å². The highest BCUT2D eigenvalue weighted by atomic mass is 35.5. The van der Waals surface area contributed by atoms with Crippen LogP contribution in [0.4, 0.5) is 0 Å². The SMILES string of the molecule is CC(C)(C)n1c(-c2ccccc2)cc(Cl)c1CO. The zero-order valence-corrected chi connectivity index (χ0v) is 11.7. The third-order valence-corrected chi connectivity index (χ3v) is 3.27. The van der Waals surface area contributed by atoms with Gasteiger partial charge in [0.05, 0.1) is 23.0 Å². The average molecular weight is 264 g/mol. The lowest BCUT2D eigenvalue weighted by Crippen LogP contribution is -2.24. The first-order valence-corrected chi connectivity index (χ1v) is 6.40. The molecule has 18 heavy (non-hydrogen) atoms. The number of benzene rings is 1. The Balaban J connectivity index is 2.69. The molecule has 0 fully saturated rings. The van der Waals surface area contributed by atoms with Gasteiger partial charge >= 0.3 is 0 Å². The summed E-state index contributed by atoms with van der Waals surface area (Å²) in [5.41, 5.74) is 2.78. The summed E-state index contributed by atoms with van der Waals surface area (Å²) >= 11 is 6.23. The first kappa shape index (κ1) is 13.2. The summed E-state index contributed by atoms with van der Waals surface area (Å²) in [6.45, 7) is 6.27. The Morgan fingerprint density at radius 3 is 2.28 bits per heavy atom. The van der Waals surface area contributed by atoms with Crippen molar-refractivity contribution in [2.24, 2.45) is 0 Å². The van der Waals surface area contributed by atoms with Gasteiger partial charge in [0.25, 0.3) is 0 Å². The van der Waals surface area contributed by atoms with E-state index in [1.54, 1.807) is 0 Å². The van der Waals surface area contributed by atoms with Gasteiger partial charge in [-0.3, -0.25) is 0 Å². The van der Waals surface area contributed by atoms with E-state index in [1.165, 1.54) is 0 Å². The quantitative estimate of drug-likeness (QED) is 0.869. The molecule has 1 aromatic carbocycles. The van der Waals surface area contributed by atoms with Gasteiger partial charge in [0, 0.05) is 5.54 Å². The third-order valence-electron chi connectivity index (χ3n) is 2.94. The van der Waals surface area contributed by atoms with E-state index in [0.717, 1.165) is 17.0 Å². The fourth-order valence-electron chi connectivity index (χ4n) is 2.25. The number of nitrogens with zero attached hydrogens (tertiary/aromatic N) is 1. The summed E-state index contributed by atoms with van der Waals surface area (Å²) in [5, 5.41) is 10.1. The van der Waals surface area contributed by atoms with Gasteiger partial charge in [0.1, 0.15) is 0 Å². The molecule has 0 saturated heterocycles. The van der Waals surface area contributed by atoms with Crippen LogP contribution in [0.2, 0.25) is 5.02 Å². The van der Waals surface area contributed by atoms with Crippen molar-refractivity contribution in [3.8, 4) is 11.3 Å². The van der Waals surface area contributed by atoms with E-state index in [4.69, 9.17) is 11.6 Å². The van der Waals surface area contributed by atoms with Gasteiger partial charge in [-0.15, -0.1) is 0 Å². The van der Waals surface area contributed by atoms with Crippen LogP contribution in [0, 0.1) is 0 Å². The Hall–Kier alpha value is -1.25. The van der Waals surface area contributed by atoms with E-state index in [1.807, 2.05) is 24.3 Å². The van der Waals surface area contributed by atoms with Gasteiger partial charge in [0.2, 0.25) is 0 Å². The van der Waals surface area contributed by atoms with Crippen LogP contribution in [0.3, 0.4) is 0 Å². The zero-order chi connectivity index (χ0) is 13.3. The second-order valence-corrected chi connectivity index (χ2v) is 5.76. The molecule has 0 unspecified atom stereocenters. The first-order chi connectivity index (χ1) is 8.45. The summed E-state index contributed by atoms with van der Waals surface area (Å²) in [6.07, 6.45) is 0. The molecule has 2 rings (SSSR count). The monoisotopic (exact) mass is 263 g/mol. The Bertz CT molecular complexity index is 538. The van der Waals surface area contributed by atoms with Gasteiger partial charge in [-0.1, -0.05) is 41.9 Å². The lowest BCUT2D eigenvalue weighted by molar-refractivity contribution is 0.256. The molecule has 2 nitrogen and oxygen atoms in total. The van der Waals surface area contributed by atoms with Crippen LogP contribution in [-0.2, 0) is 12.1 Å². The Morgan fingerprint density at radius 2 is 1.78 bits per heavy atom. The first-order valence-electron chi connectivity index (χ1n) is 6.02. The number of hydrogen-bond donors (Lipinski definition) is 1. The van der Waals surface area contributed by atoms with E-state index in [9.17, 15) is 5.11 Å². The van der Waals surface area contributed by atoms with Crippen LogP contribution in [0.15, 0.2) is 36.4 Å². The molecule has 0 atom stereocenters. The van der Waals surface area contributed by atoms with Crippen molar-refractivity contribution in [3.05, 3.63) is 47.1 Å². The van der Waals surface area contributed by atoms with Crippen LogP contribution >= 0.6 is 11.6 Å². The normalized spacial score (nSPS) is 11.8. The van der Waals surface area contributed by atoms with Crippen molar-refractivity contribution < 1.29 is 5.11 Å². The minimum absolute atomic E-state index is 0.0526. The van der Waals surface area contributed by atoms with Gasteiger partial charge in [-0.05, 0) is 32.4 Å². The fourth-order valence-corrected chi connectivity index (χ4v) is 2.50. The summed E-state index contributed by atoms with van der Waals surface area (Å²) in [4.78, 5) is 0. The second-order valence-electron chi connectivity index (χ2n) is 5.35. The Kier molecular flexibility index (Phi) is 3.51. The van der Waals surface area contributed by atoms with Crippen molar-refractivity contribution >= 4 is 11.6 Å². The van der Waals surface area contributed by atoms with E-state index in [0.29, 0.717) is 5.02 Å². The molecule has 0 radical (unpaired) electrons. The Morgan fingerprint density at radius 1 is 1.17 bits per heavy atom. The van der Waals surface area contributed by atoms with Crippen LogP contribution in [0.25, 0.3) is 11.3 Å². The second kappa shape index (κ2) is 4.79. The standard InChI is InChI=1S/C15H18ClNO/c1-15(2,3)17-13(9-12(16)14(17)10-18)11-7-5-4-6-8-11/h4-9,18H,10H2,1-3H3. The molecule has 0 aliphatic carbocycles. The number of aliphatic hydroxyl groups excluding tert-OH is 1. The smallest absolute Gasteiger partial charge is 0.0848 e. The lowest BCUT2D eigenvalue weighted by Gasteiger charge is -2.27. The Labute approximate surface area is 113 Å². The van der Waals surface area contributed by atoms with E-state index in [-0.39, 0.29) is 12.1 Å². The predicted molar refractivity (Wildman–Crippen MR) is 75.8 cm³/mol. The minimum atomic E-state index is -0.129. The number of aromatic nitrogens is 1. The summed E-state index contributed by atoms with van der Waals surface area (Å²) in [7, 11) is 0. The lowest BCUT2D eigenvalue weighted by atomic mass is 10.1. The van der Waals surface area contributed by atoms with Gasteiger partial charge in [-0.2, -0.15) is 0 Å². The number of halogens is 1.